The summed E-state index contributed by atoms with van der Waals surface area (Å²) in [4.78, 5) is 24.0. The highest BCUT2D eigenvalue weighted by molar-refractivity contribution is 5.79. The van der Waals surface area contributed by atoms with E-state index in [1.807, 2.05) is 60.8 Å². The lowest BCUT2D eigenvalue weighted by molar-refractivity contribution is -0.129. The predicted octanol–water partition coefficient (Wildman–Crippen LogP) is 2.24. The summed E-state index contributed by atoms with van der Waals surface area (Å²) in [6.07, 6.45) is 5.38. The molecular formula is C19H23N5O. The molecule has 1 saturated heterocycles. The molecule has 1 unspecified atom stereocenters. The second-order valence-corrected chi connectivity index (χ2v) is 6.93. The summed E-state index contributed by atoms with van der Waals surface area (Å²) in [6.45, 7) is 5.53. The van der Waals surface area contributed by atoms with Gasteiger partial charge in [-0.25, -0.2) is 9.97 Å². The Morgan fingerprint density at radius 1 is 1.28 bits per heavy atom. The van der Waals surface area contributed by atoms with Gasteiger partial charge in [0.1, 0.15) is 11.5 Å². The zero-order chi connectivity index (χ0) is 17.6. The molecule has 0 radical (unpaired) electrons. The van der Waals surface area contributed by atoms with E-state index < -0.39 is 0 Å². The molecule has 6 nitrogen and oxygen atoms in total. The quantitative estimate of drug-likeness (QED) is 0.736. The van der Waals surface area contributed by atoms with Crippen LogP contribution in [0.25, 0.3) is 5.65 Å². The molecule has 4 rings (SSSR count). The van der Waals surface area contributed by atoms with Gasteiger partial charge in [-0.2, -0.15) is 0 Å². The number of pyridine rings is 1. The first-order valence-electron chi connectivity index (χ1n) is 8.73. The fourth-order valence-electron chi connectivity index (χ4n) is 3.84. The van der Waals surface area contributed by atoms with E-state index in [1.54, 1.807) is 0 Å². The standard InChI is InChI=1S/C19H23N5O/c1-13-11-22(3)19(20-13)15-7-9-23(12-15)18(25)10-16-14(2)21-17-6-4-5-8-24(16)17/h4-6,8,11,15H,7,9-10,12H2,1-3H3. The number of nitrogens with zero attached hydrogens (tertiary/aromatic N) is 5. The number of hydrogen-bond donors (Lipinski definition) is 0. The van der Waals surface area contributed by atoms with Gasteiger partial charge >= 0.3 is 0 Å². The fourth-order valence-corrected chi connectivity index (χ4v) is 3.84. The average molecular weight is 337 g/mol. The van der Waals surface area contributed by atoms with Gasteiger partial charge in [0.25, 0.3) is 0 Å². The Hall–Kier alpha value is -2.63. The van der Waals surface area contributed by atoms with Gasteiger partial charge in [-0.3, -0.25) is 4.79 Å². The van der Waals surface area contributed by atoms with Crippen LogP contribution in [-0.4, -0.2) is 42.8 Å². The number of carbonyl (C=O) groups is 1. The maximum Gasteiger partial charge on any atom is 0.228 e. The molecule has 6 heteroatoms. The van der Waals surface area contributed by atoms with Crippen molar-refractivity contribution in [2.45, 2.75) is 32.6 Å². The normalized spacial score (nSPS) is 17.6. The van der Waals surface area contributed by atoms with Crippen molar-refractivity contribution in [3.63, 3.8) is 0 Å². The molecule has 0 bridgehead atoms. The number of likely N-dealkylation sites (tertiary alicyclic amines) is 1. The fraction of sp³-hybridized carbons (Fsp3) is 0.421. The molecule has 25 heavy (non-hydrogen) atoms. The van der Waals surface area contributed by atoms with Crippen LogP contribution in [0.3, 0.4) is 0 Å². The third kappa shape index (κ3) is 2.81. The molecule has 1 aliphatic heterocycles. The van der Waals surface area contributed by atoms with Crippen LogP contribution in [0, 0.1) is 13.8 Å². The second-order valence-electron chi connectivity index (χ2n) is 6.93. The minimum absolute atomic E-state index is 0.169. The van der Waals surface area contributed by atoms with E-state index in [0.29, 0.717) is 12.3 Å². The molecule has 0 aliphatic carbocycles. The van der Waals surface area contributed by atoms with Gasteiger partial charge in [-0.05, 0) is 32.4 Å². The monoisotopic (exact) mass is 337 g/mol. The molecule has 3 aromatic heterocycles. The van der Waals surface area contributed by atoms with Crippen molar-refractivity contribution >= 4 is 11.6 Å². The Labute approximate surface area is 147 Å². The van der Waals surface area contributed by atoms with Crippen molar-refractivity contribution < 1.29 is 4.79 Å². The highest BCUT2D eigenvalue weighted by Gasteiger charge is 2.30. The molecule has 1 aliphatic rings. The lowest BCUT2D eigenvalue weighted by Crippen LogP contribution is -2.30. The highest BCUT2D eigenvalue weighted by atomic mass is 16.2. The van der Waals surface area contributed by atoms with Gasteiger partial charge in [0.05, 0.1) is 23.5 Å². The van der Waals surface area contributed by atoms with Crippen LogP contribution in [0.15, 0.2) is 30.6 Å². The van der Waals surface area contributed by atoms with Crippen molar-refractivity contribution in [3.8, 4) is 0 Å². The first kappa shape index (κ1) is 15.9. The summed E-state index contributed by atoms with van der Waals surface area (Å²) in [7, 11) is 2.03. The molecule has 0 N–H and O–H groups in total. The van der Waals surface area contributed by atoms with E-state index in [2.05, 4.69) is 14.5 Å². The summed E-state index contributed by atoms with van der Waals surface area (Å²) in [5.74, 6) is 1.58. The Morgan fingerprint density at radius 3 is 2.88 bits per heavy atom. The molecule has 4 heterocycles. The summed E-state index contributed by atoms with van der Waals surface area (Å²) in [5, 5.41) is 0. The Kier molecular flexibility index (Phi) is 3.82. The average Bonchev–Trinajstić information content (AvgIpc) is 3.26. The number of carbonyl (C=O) groups excluding carboxylic acids is 1. The Bertz CT molecular complexity index is 939. The van der Waals surface area contributed by atoms with Crippen molar-refractivity contribution in [2.75, 3.05) is 13.1 Å². The number of fused-ring (bicyclic) bond motifs is 1. The van der Waals surface area contributed by atoms with Crippen LogP contribution in [0.4, 0.5) is 0 Å². The predicted molar refractivity (Wildman–Crippen MR) is 95.5 cm³/mol. The molecular weight excluding hydrogens is 314 g/mol. The summed E-state index contributed by atoms with van der Waals surface area (Å²) >= 11 is 0. The number of hydrogen-bond acceptors (Lipinski definition) is 3. The molecule has 1 amide bonds. The third-order valence-electron chi connectivity index (χ3n) is 5.09. The smallest absolute Gasteiger partial charge is 0.228 e. The number of amides is 1. The van der Waals surface area contributed by atoms with E-state index in [0.717, 1.165) is 48.1 Å². The van der Waals surface area contributed by atoms with Crippen molar-refractivity contribution in [3.05, 3.63) is 53.5 Å². The molecule has 1 atom stereocenters. The van der Waals surface area contributed by atoms with Gasteiger partial charge in [-0.15, -0.1) is 0 Å². The maximum atomic E-state index is 12.8. The highest BCUT2D eigenvalue weighted by Crippen LogP contribution is 2.27. The van der Waals surface area contributed by atoms with Crippen LogP contribution < -0.4 is 0 Å². The molecule has 0 saturated carbocycles. The van der Waals surface area contributed by atoms with Crippen molar-refractivity contribution in [1.29, 1.82) is 0 Å². The van der Waals surface area contributed by atoms with E-state index >= 15 is 0 Å². The van der Waals surface area contributed by atoms with Crippen LogP contribution in [0.2, 0.25) is 0 Å². The minimum atomic E-state index is 0.169. The zero-order valence-corrected chi connectivity index (χ0v) is 14.9. The van der Waals surface area contributed by atoms with Gasteiger partial charge < -0.3 is 13.9 Å². The van der Waals surface area contributed by atoms with Gasteiger partial charge in [0.2, 0.25) is 5.91 Å². The summed E-state index contributed by atoms with van der Waals surface area (Å²) < 4.78 is 4.10. The van der Waals surface area contributed by atoms with Crippen LogP contribution >= 0.6 is 0 Å². The zero-order valence-electron chi connectivity index (χ0n) is 14.9. The molecule has 0 aromatic carbocycles. The first-order chi connectivity index (χ1) is 12.0. The Balaban J connectivity index is 1.50. The molecule has 1 fully saturated rings. The Morgan fingerprint density at radius 2 is 2.12 bits per heavy atom. The SMILES string of the molecule is Cc1cn(C)c(C2CCN(C(=O)Cc3c(C)nc4ccccn34)C2)n1. The summed E-state index contributed by atoms with van der Waals surface area (Å²) in [6, 6.07) is 5.90. The van der Waals surface area contributed by atoms with E-state index in [1.165, 1.54) is 0 Å². The maximum absolute atomic E-state index is 12.8. The van der Waals surface area contributed by atoms with Gasteiger partial charge in [0.15, 0.2) is 0 Å². The number of aryl methyl sites for hydroxylation is 3. The van der Waals surface area contributed by atoms with Crippen LogP contribution in [-0.2, 0) is 18.3 Å². The molecule has 3 aromatic rings. The van der Waals surface area contributed by atoms with Crippen molar-refractivity contribution in [1.82, 2.24) is 23.8 Å². The van der Waals surface area contributed by atoms with Gasteiger partial charge in [0, 0.05) is 38.4 Å². The minimum Gasteiger partial charge on any atom is -0.342 e. The molecule has 130 valence electrons. The number of aromatic nitrogens is 4. The topological polar surface area (TPSA) is 55.4 Å². The summed E-state index contributed by atoms with van der Waals surface area (Å²) in [5.41, 5.74) is 3.83. The van der Waals surface area contributed by atoms with E-state index in [9.17, 15) is 4.79 Å². The van der Waals surface area contributed by atoms with E-state index in [4.69, 9.17) is 0 Å². The van der Waals surface area contributed by atoms with Crippen molar-refractivity contribution in [2.24, 2.45) is 7.05 Å². The molecule has 0 spiro atoms. The number of rotatable bonds is 3. The lowest BCUT2D eigenvalue weighted by atomic mass is 10.1. The van der Waals surface area contributed by atoms with E-state index in [-0.39, 0.29) is 5.91 Å². The number of imidazole rings is 2. The van der Waals surface area contributed by atoms with Crippen LogP contribution in [0.1, 0.15) is 35.2 Å². The largest absolute Gasteiger partial charge is 0.342 e. The van der Waals surface area contributed by atoms with Gasteiger partial charge in [-0.1, -0.05) is 6.07 Å². The second kappa shape index (κ2) is 6.02. The van der Waals surface area contributed by atoms with Crippen LogP contribution in [0.5, 0.6) is 0 Å². The lowest BCUT2D eigenvalue weighted by Gasteiger charge is -2.17. The third-order valence-corrected chi connectivity index (χ3v) is 5.09. The first-order valence-corrected chi connectivity index (χ1v) is 8.73.